The van der Waals surface area contributed by atoms with Gasteiger partial charge in [0.05, 0.1) is 5.69 Å². The summed E-state index contributed by atoms with van der Waals surface area (Å²) in [7, 11) is 0. The fraction of sp³-hybridized carbons (Fsp3) is 0.235. The molecule has 0 aliphatic rings. The van der Waals surface area contributed by atoms with Crippen molar-refractivity contribution in [3.63, 3.8) is 0 Å². The van der Waals surface area contributed by atoms with Gasteiger partial charge in [-0.15, -0.1) is 16.9 Å². The average Bonchev–Trinajstić information content (AvgIpc) is 3.01. The summed E-state index contributed by atoms with van der Waals surface area (Å²) in [6, 6.07) is 14.9. The van der Waals surface area contributed by atoms with Crippen LogP contribution in [0.1, 0.15) is 16.7 Å². The van der Waals surface area contributed by atoms with Crippen LogP contribution in [-0.4, -0.2) is 26.5 Å². The molecule has 0 saturated carbocycles. The molecule has 0 spiro atoms. The van der Waals surface area contributed by atoms with Crippen LogP contribution in [-0.2, 0) is 5.75 Å². The number of nitrogens with zero attached hydrogens (tertiary/aromatic N) is 4. The molecule has 0 aliphatic carbocycles. The van der Waals surface area contributed by atoms with Crippen LogP contribution in [0.2, 0.25) is 0 Å². The molecule has 0 amide bonds. The van der Waals surface area contributed by atoms with E-state index in [1.807, 2.05) is 0 Å². The summed E-state index contributed by atoms with van der Waals surface area (Å²) in [6.45, 7) is 4.17. The minimum atomic E-state index is 0.809. The van der Waals surface area contributed by atoms with E-state index < -0.39 is 0 Å². The van der Waals surface area contributed by atoms with E-state index in [-0.39, 0.29) is 0 Å². The molecule has 1 heterocycles. The highest BCUT2D eigenvalue weighted by Gasteiger charge is 2.10. The van der Waals surface area contributed by atoms with Gasteiger partial charge >= 0.3 is 0 Å². The van der Waals surface area contributed by atoms with E-state index in [0.717, 1.165) is 16.6 Å². The molecule has 0 N–H and O–H groups in total. The number of aromatic nitrogens is 4. The van der Waals surface area contributed by atoms with Gasteiger partial charge in [0, 0.05) is 10.6 Å². The largest absolute Gasteiger partial charge is 0.214 e. The molecule has 0 atom stereocenters. The molecular formula is C17H18N4S2. The van der Waals surface area contributed by atoms with Crippen LogP contribution in [0.3, 0.4) is 0 Å². The van der Waals surface area contributed by atoms with Crippen molar-refractivity contribution in [2.24, 2.45) is 0 Å². The molecule has 0 fully saturated rings. The molecular weight excluding hydrogens is 324 g/mol. The highest BCUT2D eigenvalue weighted by molar-refractivity contribution is 7.98. The standard InChI is InChI=1S/C17H18N4S2/c1-12-8-13(2)10-15(9-12)21-17(18-19-20-21)23-11-14-4-6-16(22-3)7-5-14/h4-10H,11H2,1-3H3. The van der Waals surface area contributed by atoms with Crippen LogP contribution in [0.4, 0.5) is 0 Å². The maximum absolute atomic E-state index is 4.16. The summed E-state index contributed by atoms with van der Waals surface area (Å²) in [5.74, 6) is 0.847. The van der Waals surface area contributed by atoms with E-state index >= 15 is 0 Å². The maximum atomic E-state index is 4.16. The van der Waals surface area contributed by atoms with Crippen molar-refractivity contribution in [3.8, 4) is 5.69 Å². The lowest BCUT2D eigenvalue weighted by atomic mass is 10.1. The van der Waals surface area contributed by atoms with Crippen LogP contribution < -0.4 is 0 Å². The second-order valence-corrected chi connectivity index (χ2v) is 7.18. The Labute approximate surface area is 144 Å². The van der Waals surface area contributed by atoms with Gasteiger partial charge in [-0.05, 0) is 71.5 Å². The van der Waals surface area contributed by atoms with Crippen molar-refractivity contribution in [2.75, 3.05) is 6.26 Å². The predicted octanol–water partition coefficient (Wildman–Crippen LogP) is 4.29. The van der Waals surface area contributed by atoms with Crippen molar-refractivity contribution >= 4 is 23.5 Å². The number of benzene rings is 2. The lowest BCUT2D eigenvalue weighted by molar-refractivity contribution is 0.755. The lowest BCUT2D eigenvalue weighted by Gasteiger charge is -2.07. The van der Waals surface area contributed by atoms with E-state index in [2.05, 4.69) is 78.1 Å². The zero-order valence-electron chi connectivity index (χ0n) is 13.4. The van der Waals surface area contributed by atoms with E-state index in [9.17, 15) is 0 Å². The third-order valence-corrected chi connectivity index (χ3v) is 5.15. The van der Waals surface area contributed by atoms with Gasteiger partial charge in [0.15, 0.2) is 0 Å². The second-order valence-electron chi connectivity index (χ2n) is 5.36. The van der Waals surface area contributed by atoms with Crippen molar-refractivity contribution in [1.82, 2.24) is 20.2 Å². The Morgan fingerprint density at radius 1 is 1.00 bits per heavy atom. The first kappa shape index (κ1) is 16.1. The van der Waals surface area contributed by atoms with Crippen LogP contribution in [0.25, 0.3) is 5.69 Å². The summed E-state index contributed by atoms with van der Waals surface area (Å²) in [6.07, 6.45) is 2.09. The van der Waals surface area contributed by atoms with Gasteiger partial charge in [0.1, 0.15) is 0 Å². The van der Waals surface area contributed by atoms with Crippen molar-refractivity contribution in [1.29, 1.82) is 0 Å². The molecule has 6 heteroatoms. The van der Waals surface area contributed by atoms with Gasteiger partial charge in [0.2, 0.25) is 5.16 Å². The number of hydrogen-bond donors (Lipinski definition) is 0. The predicted molar refractivity (Wildman–Crippen MR) is 96.4 cm³/mol. The van der Waals surface area contributed by atoms with Crippen LogP contribution in [0, 0.1) is 13.8 Å². The Morgan fingerprint density at radius 3 is 2.35 bits per heavy atom. The molecule has 0 saturated heterocycles. The molecule has 1 aromatic heterocycles. The molecule has 3 aromatic rings. The van der Waals surface area contributed by atoms with E-state index in [4.69, 9.17) is 0 Å². The molecule has 0 unspecified atom stereocenters. The highest BCUT2D eigenvalue weighted by atomic mass is 32.2. The molecule has 0 radical (unpaired) electrons. The molecule has 2 aromatic carbocycles. The van der Waals surface area contributed by atoms with Crippen LogP contribution in [0.5, 0.6) is 0 Å². The Balaban J connectivity index is 1.78. The summed E-state index contributed by atoms with van der Waals surface area (Å²) in [5.41, 5.74) is 4.69. The highest BCUT2D eigenvalue weighted by Crippen LogP contribution is 2.24. The monoisotopic (exact) mass is 342 g/mol. The fourth-order valence-corrected chi connectivity index (χ4v) is 3.63. The number of thioether (sulfide) groups is 2. The molecule has 4 nitrogen and oxygen atoms in total. The van der Waals surface area contributed by atoms with Gasteiger partial charge in [-0.2, -0.15) is 4.68 Å². The minimum Gasteiger partial charge on any atom is -0.187 e. The third kappa shape index (κ3) is 3.95. The Bertz CT molecular complexity index is 776. The van der Waals surface area contributed by atoms with Crippen molar-refractivity contribution in [2.45, 2.75) is 29.7 Å². The minimum absolute atomic E-state index is 0.809. The van der Waals surface area contributed by atoms with Crippen molar-refractivity contribution < 1.29 is 0 Å². The van der Waals surface area contributed by atoms with Crippen LogP contribution in [0.15, 0.2) is 52.5 Å². The number of rotatable bonds is 5. The summed E-state index contributed by atoms with van der Waals surface area (Å²) < 4.78 is 1.81. The number of hydrogen-bond acceptors (Lipinski definition) is 5. The third-order valence-electron chi connectivity index (χ3n) is 3.42. The SMILES string of the molecule is CSc1ccc(CSc2nnnn2-c2cc(C)cc(C)c2)cc1. The fourth-order valence-electron chi connectivity index (χ4n) is 2.37. The molecule has 118 valence electrons. The van der Waals surface area contributed by atoms with Gasteiger partial charge < -0.3 is 0 Å². The van der Waals surface area contributed by atoms with Crippen LogP contribution >= 0.6 is 23.5 Å². The van der Waals surface area contributed by atoms with E-state index in [0.29, 0.717) is 0 Å². The Morgan fingerprint density at radius 2 is 1.70 bits per heavy atom. The maximum Gasteiger partial charge on any atom is 0.214 e. The molecule has 3 rings (SSSR count). The quantitative estimate of drug-likeness (QED) is 0.647. The first-order valence-corrected chi connectivity index (χ1v) is 9.49. The van der Waals surface area contributed by atoms with Gasteiger partial charge in [-0.3, -0.25) is 0 Å². The summed E-state index contributed by atoms with van der Waals surface area (Å²) >= 11 is 3.40. The number of tetrazole rings is 1. The smallest absolute Gasteiger partial charge is 0.187 e. The summed E-state index contributed by atoms with van der Waals surface area (Å²) in [5, 5.41) is 12.9. The molecule has 0 bridgehead atoms. The number of aryl methyl sites for hydroxylation is 2. The van der Waals surface area contributed by atoms with Gasteiger partial charge in [0.25, 0.3) is 0 Å². The Kier molecular flexibility index (Phi) is 5.03. The normalized spacial score (nSPS) is 10.9. The second kappa shape index (κ2) is 7.19. The zero-order chi connectivity index (χ0) is 16.2. The van der Waals surface area contributed by atoms with Gasteiger partial charge in [-0.25, -0.2) is 0 Å². The topological polar surface area (TPSA) is 43.6 Å². The Hall–Kier alpha value is -1.79. The first-order valence-electron chi connectivity index (χ1n) is 7.28. The first-order chi connectivity index (χ1) is 11.2. The lowest BCUT2D eigenvalue weighted by Crippen LogP contribution is -2.00. The van der Waals surface area contributed by atoms with Crippen molar-refractivity contribution in [3.05, 3.63) is 59.2 Å². The summed E-state index contributed by atoms with van der Waals surface area (Å²) in [4.78, 5) is 1.28. The zero-order valence-corrected chi connectivity index (χ0v) is 15.0. The van der Waals surface area contributed by atoms with E-state index in [1.54, 1.807) is 28.2 Å². The van der Waals surface area contributed by atoms with E-state index in [1.165, 1.54) is 21.6 Å². The average molecular weight is 342 g/mol. The van der Waals surface area contributed by atoms with Gasteiger partial charge in [-0.1, -0.05) is 30.0 Å². The molecule has 0 aliphatic heterocycles. The molecule has 23 heavy (non-hydrogen) atoms.